The highest BCUT2D eigenvalue weighted by atomic mass is 16.1. The van der Waals surface area contributed by atoms with Gasteiger partial charge in [-0.05, 0) is 30.5 Å². The molecule has 1 fully saturated rings. The summed E-state index contributed by atoms with van der Waals surface area (Å²) in [6, 6.07) is 9.10. The molecule has 0 bridgehead atoms. The second-order valence-electron chi connectivity index (χ2n) is 3.99. The number of carbonyl (C=O) groups excluding carboxylic acids is 1. The molecule has 0 aliphatic heterocycles. The minimum absolute atomic E-state index is 0.0820. The number of nitrogens with zero attached hydrogens (tertiary/aromatic N) is 1. The summed E-state index contributed by atoms with van der Waals surface area (Å²) in [7, 11) is 0. The Kier molecular flexibility index (Phi) is 2.42. The van der Waals surface area contributed by atoms with E-state index >= 15 is 0 Å². The van der Waals surface area contributed by atoms with E-state index in [9.17, 15) is 4.79 Å². The van der Waals surface area contributed by atoms with E-state index in [0.29, 0.717) is 23.1 Å². The number of nitriles is 1. The van der Waals surface area contributed by atoms with Crippen LogP contribution in [0, 0.1) is 17.2 Å². The summed E-state index contributed by atoms with van der Waals surface area (Å²) in [5, 5.41) is 11.6. The van der Waals surface area contributed by atoms with E-state index in [1.54, 1.807) is 24.3 Å². The van der Waals surface area contributed by atoms with Crippen LogP contribution in [0.2, 0.25) is 0 Å². The highest BCUT2D eigenvalue weighted by Gasteiger charge is 2.33. The van der Waals surface area contributed by atoms with Gasteiger partial charge in [0.15, 0.2) is 0 Å². The van der Waals surface area contributed by atoms with Crippen molar-refractivity contribution in [3.8, 4) is 6.07 Å². The molecule has 0 saturated heterocycles. The van der Waals surface area contributed by atoms with Crippen molar-refractivity contribution >= 4 is 5.91 Å². The van der Waals surface area contributed by atoms with Gasteiger partial charge in [-0.15, -0.1) is 0 Å². The van der Waals surface area contributed by atoms with Crippen LogP contribution in [0.1, 0.15) is 29.3 Å². The molecule has 1 aliphatic carbocycles. The van der Waals surface area contributed by atoms with E-state index in [1.165, 1.54) is 0 Å². The van der Waals surface area contributed by atoms with Crippen molar-refractivity contribution in [2.45, 2.75) is 19.4 Å². The lowest BCUT2D eigenvalue weighted by Gasteiger charge is -2.03. The number of hydrogen-bond acceptors (Lipinski definition) is 2. The third-order valence-electron chi connectivity index (χ3n) is 2.68. The van der Waals surface area contributed by atoms with Gasteiger partial charge < -0.3 is 5.32 Å². The van der Waals surface area contributed by atoms with Crippen molar-refractivity contribution in [2.24, 2.45) is 5.92 Å². The minimum Gasteiger partial charge on any atom is -0.349 e. The van der Waals surface area contributed by atoms with Gasteiger partial charge in [0.1, 0.15) is 0 Å². The zero-order chi connectivity index (χ0) is 10.8. The molecule has 0 spiro atoms. The number of hydrogen-bond donors (Lipinski definition) is 1. The van der Waals surface area contributed by atoms with E-state index in [4.69, 9.17) is 5.26 Å². The van der Waals surface area contributed by atoms with Crippen LogP contribution in [0.3, 0.4) is 0 Å². The molecule has 0 radical (unpaired) electrons. The van der Waals surface area contributed by atoms with Crippen molar-refractivity contribution in [1.82, 2.24) is 5.32 Å². The van der Waals surface area contributed by atoms with Gasteiger partial charge in [0.2, 0.25) is 0 Å². The molecule has 1 amide bonds. The van der Waals surface area contributed by atoms with Crippen LogP contribution in [0.5, 0.6) is 0 Å². The van der Waals surface area contributed by atoms with Gasteiger partial charge in [-0.25, -0.2) is 0 Å². The first kappa shape index (κ1) is 9.72. The van der Waals surface area contributed by atoms with Crippen LogP contribution >= 0.6 is 0 Å². The summed E-state index contributed by atoms with van der Waals surface area (Å²) in [5.74, 6) is 0.509. The first-order chi connectivity index (χ1) is 7.20. The van der Waals surface area contributed by atoms with E-state index in [2.05, 4.69) is 12.2 Å². The second kappa shape index (κ2) is 3.74. The van der Waals surface area contributed by atoms with Crippen molar-refractivity contribution in [2.75, 3.05) is 0 Å². The van der Waals surface area contributed by atoms with Crippen molar-refractivity contribution in [3.63, 3.8) is 0 Å². The highest BCUT2D eigenvalue weighted by Crippen LogP contribution is 2.29. The lowest BCUT2D eigenvalue weighted by Crippen LogP contribution is -2.26. The molecule has 1 saturated carbocycles. The first-order valence-corrected chi connectivity index (χ1v) is 5.01. The Morgan fingerprint density at radius 3 is 2.93 bits per heavy atom. The Morgan fingerprint density at radius 1 is 1.60 bits per heavy atom. The third kappa shape index (κ3) is 2.16. The lowest BCUT2D eigenvalue weighted by molar-refractivity contribution is 0.0949. The van der Waals surface area contributed by atoms with Gasteiger partial charge in [0.25, 0.3) is 5.91 Å². The molecule has 1 aromatic rings. The lowest BCUT2D eigenvalue weighted by atomic mass is 10.1. The monoisotopic (exact) mass is 200 g/mol. The van der Waals surface area contributed by atoms with Gasteiger partial charge in [-0.2, -0.15) is 5.26 Å². The fourth-order valence-electron chi connectivity index (χ4n) is 1.50. The molecule has 1 aromatic carbocycles. The molecule has 3 nitrogen and oxygen atoms in total. The van der Waals surface area contributed by atoms with Crippen LogP contribution in [0.15, 0.2) is 24.3 Å². The van der Waals surface area contributed by atoms with Gasteiger partial charge in [-0.1, -0.05) is 13.0 Å². The molecule has 1 aliphatic rings. The Bertz CT molecular complexity index is 433. The molecule has 0 heterocycles. The van der Waals surface area contributed by atoms with Gasteiger partial charge in [-0.3, -0.25) is 4.79 Å². The van der Waals surface area contributed by atoms with Gasteiger partial charge in [0.05, 0.1) is 11.6 Å². The SMILES string of the molecule is CC1CC1NC(=O)c1cccc(C#N)c1. The van der Waals surface area contributed by atoms with Crippen LogP contribution in [0.25, 0.3) is 0 Å². The molecular formula is C12H12N2O. The fourth-order valence-corrected chi connectivity index (χ4v) is 1.50. The molecule has 1 N–H and O–H groups in total. The smallest absolute Gasteiger partial charge is 0.251 e. The van der Waals surface area contributed by atoms with Crippen molar-refractivity contribution in [3.05, 3.63) is 35.4 Å². The summed E-state index contributed by atoms with van der Waals surface area (Å²) >= 11 is 0. The summed E-state index contributed by atoms with van der Waals surface area (Å²) in [5.41, 5.74) is 1.08. The number of rotatable bonds is 2. The predicted molar refractivity (Wildman–Crippen MR) is 56.2 cm³/mol. The van der Waals surface area contributed by atoms with Crippen LogP contribution < -0.4 is 5.32 Å². The Balaban J connectivity index is 2.08. The van der Waals surface area contributed by atoms with E-state index in [-0.39, 0.29) is 5.91 Å². The van der Waals surface area contributed by atoms with E-state index in [0.717, 1.165) is 6.42 Å². The predicted octanol–water partition coefficient (Wildman–Crippen LogP) is 1.70. The maximum absolute atomic E-state index is 11.7. The highest BCUT2D eigenvalue weighted by molar-refractivity contribution is 5.94. The number of nitrogens with one attached hydrogen (secondary N) is 1. The van der Waals surface area contributed by atoms with E-state index in [1.807, 2.05) is 6.07 Å². The number of amides is 1. The largest absolute Gasteiger partial charge is 0.349 e. The second-order valence-corrected chi connectivity index (χ2v) is 3.99. The summed E-state index contributed by atoms with van der Waals surface area (Å²) < 4.78 is 0. The minimum atomic E-state index is -0.0820. The quantitative estimate of drug-likeness (QED) is 0.789. The average Bonchev–Trinajstić information content (AvgIpc) is 2.94. The van der Waals surface area contributed by atoms with Crippen LogP contribution in [-0.4, -0.2) is 11.9 Å². The summed E-state index contributed by atoms with van der Waals surface area (Å²) in [6.45, 7) is 2.11. The molecule has 3 heteroatoms. The van der Waals surface area contributed by atoms with Crippen molar-refractivity contribution < 1.29 is 4.79 Å². The van der Waals surface area contributed by atoms with Crippen LogP contribution in [0.4, 0.5) is 0 Å². The molecule has 15 heavy (non-hydrogen) atoms. The Morgan fingerprint density at radius 2 is 2.33 bits per heavy atom. The average molecular weight is 200 g/mol. The third-order valence-corrected chi connectivity index (χ3v) is 2.68. The molecule has 2 unspecified atom stereocenters. The van der Waals surface area contributed by atoms with Crippen molar-refractivity contribution in [1.29, 1.82) is 5.26 Å². The molecule has 2 atom stereocenters. The molecular weight excluding hydrogens is 188 g/mol. The van der Waals surface area contributed by atoms with Crippen LogP contribution in [-0.2, 0) is 0 Å². The molecule has 2 rings (SSSR count). The normalized spacial score (nSPS) is 22.9. The summed E-state index contributed by atoms with van der Waals surface area (Å²) in [6.07, 6.45) is 1.06. The Labute approximate surface area is 88.7 Å². The maximum atomic E-state index is 11.7. The maximum Gasteiger partial charge on any atom is 0.251 e. The Hall–Kier alpha value is -1.82. The molecule has 0 aromatic heterocycles. The van der Waals surface area contributed by atoms with Gasteiger partial charge in [0, 0.05) is 11.6 Å². The van der Waals surface area contributed by atoms with E-state index < -0.39 is 0 Å². The standard InChI is InChI=1S/C12H12N2O/c1-8-5-11(8)14-12(15)10-4-2-3-9(6-10)7-13/h2-4,6,8,11H,5H2,1H3,(H,14,15). The molecule has 76 valence electrons. The number of carbonyl (C=O) groups is 1. The number of benzene rings is 1. The van der Waals surface area contributed by atoms with Gasteiger partial charge >= 0.3 is 0 Å². The summed E-state index contributed by atoms with van der Waals surface area (Å²) in [4.78, 5) is 11.7. The zero-order valence-electron chi connectivity index (χ0n) is 8.53. The zero-order valence-corrected chi connectivity index (χ0v) is 8.53. The topological polar surface area (TPSA) is 52.9 Å². The first-order valence-electron chi connectivity index (χ1n) is 5.01. The fraction of sp³-hybridized carbons (Fsp3) is 0.333.